The lowest BCUT2D eigenvalue weighted by atomic mass is 10.1. The fraction of sp³-hybridized carbons (Fsp3) is 0.200. The molecular formula is C20H14ClF3N4O4. The number of alkyl halides is 3. The van der Waals surface area contributed by atoms with E-state index in [1.54, 1.807) is 18.2 Å². The number of amides is 2. The topological polar surface area (TPSA) is 97.6 Å². The van der Waals surface area contributed by atoms with Gasteiger partial charge in [-0.05, 0) is 42.5 Å². The molecule has 1 N–H and O–H groups in total. The van der Waals surface area contributed by atoms with Crippen molar-refractivity contribution in [3.8, 4) is 5.75 Å². The number of rotatable bonds is 5. The van der Waals surface area contributed by atoms with Gasteiger partial charge in [-0.2, -0.15) is 0 Å². The Labute approximate surface area is 183 Å². The summed E-state index contributed by atoms with van der Waals surface area (Å²) in [7, 11) is 0. The molecule has 1 fully saturated rings. The van der Waals surface area contributed by atoms with E-state index in [-0.39, 0.29) is 36.5 Å². The van der Waals surface area contributed by atoms with Crippen LogP contribution >= 0.6 is 11.6 Å². The molecule has 1 aliphatic rings. The van der Waals surface area contributed by atoms with Gasteiger partial charge in [-0.15, -0.1) is 18.3 Å². The number of halogens is 4. The average molecular weight is 467 g/mol. The lowest BCUT2D eigenvalue weighted by Crippen LogP contribution is -2.24. The van der Waals surface area contributed by atoms with Gasteiger partial charge in [0.25, 0.3) is 5.91 Å². The lowest BCUT2D eigenvalue weighted by Gasteiger charge is -2.17. The van der Waals surface area contributed by atoms with Crippen LogP contribution in [-0.2, 0) is 4.79 Å². The van der Waals surface area contributed by atoms with Crippen LogP contribution in [0.3, 0.4) is 0 Å². The maximum absolute atomic E-state index is 12.4. The molecule has 4 rings (SSSR count). The molecule has 0 bridgehead atoms. The summed E-state index contributed by atoms with van der Waals surface area (Å²) in [4.78, 5) is 26.1. The highest BCUT2D eigenvalue weighted by Crippen LogP contribution is 2.33. The minimum absolute atomic E-state index is 0.0602. The van der Waals surface area contributed by atoms with Crippen LogP contribution in [0.25, 0.3) is 0 Å². The molecule has 0 saturated carbocycles. The summed E-state index contributed by atoms with van der Waals surface area (Å²) in [6.45, 7) is 0.183. The molecule has 0 spiro atoms. The van der Waals surface area contributed by atoms with Crippen molar-refractivity contribution in [2.24, 2.45) is 0 Å². The number of aromatic nitrogens is 2. The Morgan fingerprint density at radius 3 is 2.62 bits per heavy atom. The number of carbonyl (C=O) groups is 2. The van der Waals surface area contributed by atoms with E-state index in [0.29, 0.717) is 16.3 Å². The van der Waals surface area contributed by atoms with E-state index in [0.717, 1.165) is 12.1 Å². The molecule has 2 amide bonds. The molecule has 0 aliphatic carbocycles. The number of carbonyl (C=O) groups excluding carboxylic acids is 2. The van der Waals surface area contributed by atoms with Gasteiger partial charge in [-0.3, -0.25) is 14.9 Å². The first-order valence-corrected chi connectivity index (χ1v) is 9.62. The number of ether oxygens (including phenoxy) is 1. The standard InChI is InChI=1S/C20H14ClF3N4O4/c21-13-3-1-2-11(8-13)17(30)25-19-27-26-18(31-19)12-9-16(29)28(10-12)14-4-6-15(7-5-14)32-20(22,23)24/h1-8,12H,9-10H2,(H,25,27,30)/t12-/m0/s1. The van der Waals surface area contributed by atoms with Crippen LogP contribution in [0.5, 0.6) is 5.75 Å². The third-order valence-electron chi connectivity index (χ3n) is 4.60. The predicted octanol–water partition coefficient (Wildman–Crippen LogP) is 4.39. The number of hydrogen-bond acceptors (Lipinski definition) is 6. The first kappa shape index (κ1) is 21.6. The maximum atomic E-state index is 12.4. The molecule has 32 heavy (non-hydrogen) atoms. The summed E-state index contributed by atoms with van der Waals surface area (Å²) in [5.74, 6) is -1.44. The summed E-state index contributed by atoms with van der Waals surface area (Å²) in [6.07, 6.45) is -4.74. The van der Waals surface area contributed by atoms with Crippen molar-refractivity contribution in [3.05, 3.63) is 65.0 Å². The second kappa shape index (κ2) is 8.50. The van der Waals surface area contributed by atoms with E-state index in [9.17, 15) is 22.8 Å². The molecular weight excluding hydrogens is 453 g/mol. The zero-order chi connectivity index (χ0) is 22.9. The number of hydrogen-bond donors (Lipinski definition) is 1. The molecule has 166 valence electrons. The number of nitrogens with zero attached hydrogens (tertiary/aromatic N) is 3. The van der Waals surface area contributed by atoms with Crippen molar-refractivity contribution in [1.82, 2.24) is 10.2 Å². The van der Waals surface area contributed by atoms with Gasteiger partial charge in [0, 0.05) is 29.2 Å². The van der Waals surface area contributed by atoms with Gasteiger partial charge in [-0.25, -0.2) is 0 Å². The molecule has 2 aromatic carbocycles. The molecule has 2 heterocycles. The summed E-state index contributed by atoms with van der Waals surface area (Å²) >= 11 is 5.87. The SMILES string of the molecule is O=C(Nc1nnc([C@H]2CC(=O)N(c3ccc(OC(F)(F)F)cc3)C2)o1)c1cccc(Cl)c1. The van der Waals surface area contributed by atoms with E-state index in [2.05, 4.69) is 20.3 Å². The quantitative estimate of drug-likeness (QED) is 0.598. The average Bonchev–Trinajstić information content (AvgIpc) is 3.34. The monoisotopic (exact) mass is 466 g/mol. The van der Waals surface area contributed by atoms with E-state index < -0.39 is 18.2 Å². The van der Waals surface area contributed by atoms with Gasteiger partial charge >= 0.3 is 12.4 Å². The van der Waals surface area contributed by atoms with Crippen LogP contribution in [-0.4, -0.2) is 34.9 Å². The predicted molar refractivity (Wildman–Crippen MR) is 107 cm³/mol. The zero-order valence-electron chi connectivity index (χ0n) is 16.1. The van der Waals surface area contributed by atoms with Gasteiger partial charge in [-0.1, -0.05) is 22.8 Å². The van der Waals surface area contributed by atoms with Crippen LogP contribution in [0.2, 0.25) is 5.02 Å². The molecule has 0 unspecified atom stereocenters. The highest BCUT2D eigenvalue weighted by molar-refractivity contribution is 6.31. The first-order valence-electron chi connectivity index (χ1n) is 9.24. The molecule has 1 saturated heterocycles. The largest absolute Gasteiger partial charge is 0.573 e. The van der Waals surface area contributed by atoms with Crippen molar-refractivity contribution >= 4 is 35.1 Å². The summed E-state index contributed by atoms with van der Waals surface area (Å²) in [5, 5.41) is 10.5. The van der Waals surface area contributed by atoms with E-state index in [4.69, 9.17) is 16.0 Å². The fourth-order valence-corrected chi connectivity index (χ4v) is 3.39. The normalized spacial score (nSPS) is 16.3. The highest BCUT2D eigenvalue weighted by atomic mass is 35.5. The Bertz CT molecular complexity index is 1150. The van der Waals surface area contributed by atoms with E-state index >= 15 is 0 Å². The lowest BCUT2D eigenvalue weighted by molar-refractivity contribution is -0.274. The third-order valence-corrected chi connectivity index (χ3v) is 4.84. The second-order valence-corrected chi connectivity index (χ2v) is 7.29. The Hall–Kier alpha value is -3.60. The minimum Gasteiger partial charge on any atom is -0.407 e. The van der Waals surface area contributed by atoms with Crippen molar-refractivity contribution < 1.29 is 31.9 Å². The van der Waals surface area contributed by atoms with Crippen LogP contribution in [0, 0.1) is 0 Å². The molecule has 8 nitrogen and oxygen atoms in total. The Balaban J connectivity index is 1.41. The summed E-state index contributed by atoms with van der Waals surface area (Å²) in [6, 6.07) is 11.1. The number of benzene rings is 2. The molecule has 3 aromatic rings. The maximum Gasteiger partial charge on any atom is 0.573 e. The molecule has 12 heteroatoms. The van der Waals surface area contributed by atoms with Gasteiger partial charge in [0.15, 0.2) is 0 Å². The van der Waals surface area contributed by atoms with Crippen LogP contribution in [0.15, 0.2) is 52.9 Å². The molecule has 1 atom stereocenters. The minimum atomic E-state index is -4.80. The Morgan fingerprint density at radius 1 is 1.19 bits per heavy atom. The Kier molecular flexibility index (Phi) is 5.74. The smallest absolute Gasteiger partial charge is 0.407 e. The van der Waals surface area contributed by atoms with Crippen LogP contribution in [0.4, 0.5) is 24.9 Å². The van der Waals surface area contributed by atoms with Crippen molar-refractivity contribution in [2.75, 3.05) is 16.8 Å². The summed E-state index contributed by atoms with van der Waals surface area (Å²) < 4.78 is 46.2. The van der Waals surface area contributed by atoms with Gasteiger partial charge < -0.3 is 14.1 Å². The molecule has 1 aliphatic heterocycles. The fourth-order valence-electron chi connectivity index (χ4n) is 3.20. The van der Waals surface area contributed by atoms with Crippen molar-refractivity contribution in [1.29, 1.82) is 0 Å². The van der Waals surface area contributed by atoms with Gasteiger partial charge in [0.2, 0.25) is 11.8 Å². The van der Waals surface area contributed by atoms with Crippen molar-refractivity contribution in [2.45, 2.75) is 18.7 Å². The van der Waals surface area contributed by atoms with E-state index in [1.165, 1.54) is 23.1 Å². The van der Waals surface area contributed by atoms with Crippen LogP contribution < -0.4 is 15.0 Å². The third kappa shape index (κ3) is 4.99. The Morgan fingerprint density at radius 2 is 1.94 bits per heavy atom. The van der Waals surface area contributed by atoms with Crippen LogP contribution in [0.1, 0.15) is 28.6 Å². The number of anilines is 2. The van der Waals surface area contributed by atoms with Gasteiger partial charge in [0.05, 0.1) is 5.92 Å². The molecule has 0 radical (unpaired) electrons. The second-order valence-electron chi connectivity index (χ2n) is 6.86. The summed E-state index contributed by atoms with van der Waals surface area (Å²) in [5.41, 5.74) is 0.707. The molecule has 1 aromatic heterocycles. The number of nitrogens with one attached hydrogen (secondary N) is 1. The first-order chi connectivity index (χ1) is 15.2. The highest BCUT2D eigenvalue weighted by Gasteiger charge is 2.35. The van der Waals surface area contributed by atoms with E-state index in [1.807, 2.05) is 0 Å². The zero-order valence-corrected chi connectivity index (χ0v) is 16.9. The van der Waals surface area contributed by atoms with Crippen molar-refractivity contribution in [3.63, 3.8) is 0 Å². The van der Waals surface area contributed by atoms with Gasteiger partial charge in [0.1, 0.15) is 5.75 Å².